The van der Waals surface area contributed by atoms with Crippen LogP contribution in [0.5, 0.6) is 0 Å². The lowest BCUT2D eigenvalue weighted by molar-refractivity contribution is 0.164. The lowest BCUT2D eigenvalue weighted by Gasteiger charge is -2.51. The van der Waals surface area contributed by atoms with Gasteiger partial charge >= 0.3 is 0 Å². The standard InChI is InChI=1S/C32H44N6/c1-7-26(22-37(5)6)27-11-12-28-21-35-30(20-29(28)19-27)33-15-9-10-25-13-16-34-31(18-25)38-23-32(8-2,24-38)14-17-36(3)4/h7,11-13,16,18-22H,1,8-10,14-15,17,23-24H2,2-6H3,(H,33,35)/b26-22+. The monoisotopic (exact) mass is 512 g/mol. The van der Waals surface area contributed by atoms with Crippen molar-refractivity contribution in [2.45, 2.75) is 32.6 Å². The predicted octanol–water partition coefficient (Wildman–Crippen LogP) is 5.93. The molecule has 3 heterocycles. The highest BCUT2D eigenvalue weighted by Gasteiger charge is 2.41. The maximum atomic E-state index is 4.68. The number of benzene rings is 1. The molecule has 0 amide bonds. The van der Waals surface area contributed by atoms with Gasteiger partial charge in [-0.25, -0.2) is 9.97 Å². The number of aromatic nitrogens is 2. The third-order valence-corrected chi connectivity index (χ3v) is 7.65. The topological polar surface area (TPSA) is 47.5 Å². The first-order valence-electron chi connectivity index (χ1n) is 13.8. The van der Waals surface area contributed by atoms with Gasteiger partial charge in [-0.15, -0.1) is 0 Å². The van der Waals surface area contributed by atoms with E-state index in [2.05, 4.69) is 95.3 Å². The second-order valence-corrected chi connectivity index (χ2v) is 11.2. The Balaban J connectivity index is 1.31. The molecule has 0 spiro atoms. The molecular formula is C32H44N6. The summed E-state index contributed by atoms with van der Waals surface area (Å²) in [5, 5.41) is 5.83. The normalized spacial score (nSPS) is 15.0. The number of rotatable bonds is 13. The molecule has 1 fully saturated rings. The third kappa shape index (κ3) is 6.93. The summed E-state index contributed by atoms with van der Waals surface area (Å²) in [6.45, 7) is 10.6. The Morgan fingerprint density at radius 2 is 1.89 bits per heavy atom. The van der Waals surface area contributed by atoms with Crippen molar-refractivity contribution in [3.8, 4) is 0 Å². The van der Waals surface area contributed by atoms with Gasteiger partial charge in [0.15, 0.2) is 0 Å². The number of anilines is 2. The van der Waals surface area contributed by atoms with E-state index in [9.17, 15) is 0 Å². The first-order chi connectivity index (χ1) is 18.3. The van der Waals surface area contributed by atoms with Crippen molar-refractivity contribution in [3.05, 3.63) is 78.8 Å². The van der Waals surface area contributed by atoms with Crippen LogP contribution in [0.25, 0.3) is 16.3 Å². The number of allylic oxidation sites excluding steroid dienone is 2. The second-order valence-electron chi connectivity index (χ2n) is 11.2. The zero-order valence-corrected chi connectivity index (χ0v) is 23.9. The van der Waals surface area contributed by atoms with Crippen molar-refractivity contribution in [2.75, 3.05) is 64.6 Å². The van der Waals surface area contributed by atoms with Gasteiger partial charge in [0.2, 0.25) is 0 Å². The number of nitrogens with one attached hydrogen (secondary N) is 1. The number of hydrogen-bond donors (Lipinski definition) is 1. The average Bonchev–Trinajstić information content (AvgIpc) is 2.89. The van der Waals surface area contributed by atoms with Crippen LogP contribution in [0.4, 0.5) is 11.6 Å². The molecule has 1 aromatic carbocycles. The quantitative estimate of drug-likeness (QED) is 0.226. The summed E-state index contributed by atoms with van der Waals surface area (Å²) in [4.78, 5) is 16.1. The fraction of sp³-hybridized carbons (Fsp3) is 0.438. The molecule has 202 valence electrons. The summed E-state index contributed by atoms with van der Waals surface area (Å²) in [5.41, 5.74) is 4.05. The van der Waals surface area contributed by atoms with Crippen LogP contribution in [-0.4, -0.2) is 74.1 Å². The zero-order valence-electron chi connectivity index (χ0n) is 23.9. The van der Waals surface area contributed by atoms with E-state index in [0.29, 0.717) is 5.41 Å². The zero-order chi connectivity index (χ0) is 27.1. The molecule has 0 radical (unpaired) electrons. The molecule has 0 aliphatic carbocycles. The van der Waals surface area contributed by atoms with Crippen LogP contribution in [0, 0.1) is 5.41 Å². The first-order valence-corrected chi connectivity index (χ1v) is 13.8. The molecule has 6 nitrogen and oxygen atoms in total. The summed E-state index contributed by atoms with van der Waals surface area (Å²) in [6, 6.07) is 13.0. The van der Waals surface area contributed by atoms with Crippen LogP contribution < -0.4 is 10.2 Å². The van der Waals surface area contributed by atoms with Crippen molar-refractivity contribution in [3.63, 3.8) is 0 Å². The summed E-state index contributed by atoms with van der Waals surface area (Å²) in [6.07, 6.45) is 12.4. The first kappa shape index (κ1) is 27.6. The lowest BCUT2D eigenvalue weighted by Crippen LogP contribution is -2.57. The summed E-state index contributed by atoms with van der Waals surface area (Å²) >= 11 is 0. The molecule has 0 bridgehead atoms. The highest BCUT2D eigenvalue weighted by Crippen LogP contribution is 2.39. The van der Waals surface area contributed by atoms with Gasteiger partial charge in [0, 0.05) is 63.1 Å². The van der Waals surface area contributed by atoms with Crippen LogP contribution >= 0.6 is 0 Å². The molecule has 0 atom stereocenters. The Kier molecular flexibility index (Phi) is 9.05. The van der Waals surface area contributed by atoms with Gasteiger partial charge < -0.3 is 20.0 Å². The summed E-state index contributed by atoms with van der Waals surface area (Å²) < 4.78 is 0. The fourth-order valence-corrected chi connectivity index (χ4v) is 5.18. The molecule has 1 saturated heterocycles. The molecule has 1 aliphatic heterocycles. The Morgan fingerprint density at radius 3 is 2.61 bits per heavy atom. The van der Waals surface area contributed by atoms with Gasteiger partial charge in [0.25, 0.3) is 0 Å². The van der Waals surface area contributed by atoms with Crippen LogP contribution in [0.3, 0.4) is 0 Å². The van der Waals surface area contributed by atoms with Crippen molar-refractivity contribution in [2.24, 2.45) is 5.41 Å². The van der Waals surface area contributed by atoms with Crippen LogP contribution in [0.2, 0.25) is 0 Å². The second kappa shape index (κ2) is 12.4. The van der Waals surface area contributed by atoms with Gasteiger partial charge in [-0.05, 0) is 92.7 Å². The van der Waals surface area contributed by atoms with E-state index < -0.39 is 0 Å². The van der Waals surface area contributed by atoms with Crippen molar-refractivity contribution < 1.29 is 0 Å². The highest BCUT2D eigenvalue weighted by molar-refractivity contribution is 5.88. The highest BCUT2D eigenvalue weighted by atomic mass is 15.3. The maximum absolute atomic E-state index is 4.68. The molecule has 4 rings (SSSR count). The Hall–Kier alpha value is -3.38. The molecule has 1 aliphatic rings. The number of hydrogen-bond acceptors (Lipinski definition) is 6. The molecule has 1 N–H and O–H groups in total. The largest absolute Gasteiger partial charge is 0.383 e. The van der Waals surface area contributed by atoms with E-state index in [1.165, 1.54) is 23.8 Å². The molecule has 6 heteroatoms. The van der Waals surface area contributed by atoms with E-state index in [1.54, 1.807) is 0 Å². The fourth-order valence-electron chi connectivity index (χ4n) is 5.18. The number of aryl methyl sites for hydroxylation is 1. The number of fused-ring (bicyclic) bond motifs is 1. The molecule has 3 aromatic rings. The third-order valence-electron chi connectivity index (χ3n) is 7.65. The summed E-state index contributed by atoms with van der Waals surface area (Å²) in [5.74, 6) is 2.04. The van der Waals surface area contributed by atoms with Gasteiger partial charge in [-0.2, -0.15) is 0 Å². The van der Waals surface area contributed by atoms with Crippen LogP contribution in [-0.2, 0) is 6.42 Å². The van der Waals surface area contributed by atoms with Crippen molar-refractivity contribution >= 4 is 28.0 Å². The molecule has 0 saturated carbocycles. The minimum Gasteiger partial charge on any atom is -0.383 e. The summed E-state index contributed by atoms with van der Waals surface area (Å²) in [7, 11) is 8.38. The van der Waals surface area contributed by atoms with Gasteiger partial charge in [-0.3, -0.25) is 0 Å². The minimum absolute atomic E-state index is 0.440. The van der Waals surface area contributed by atoms with Gasteiger partial charge in [0.05, 0.1) is 0 Å². The van der Waals surface area contributed by atoms with E-state index in [-0.39, 0.29) is 0 Å². The molecule has 2 aromatic heterocycles. The SMILES string of the molecule is C=C/C(=C\N(C)C)c1ccc2cnc(NCCCc3ccnc(N4CC(CC)(CCN(C)C)C4)c3)cc2c1. The minimum atomic E-state index is 0.440. The molecule has 38 heavy (non-hydrogen) atoms. The molecular weight excluding hydrogens is 468 g/mol. The van der Waals surface area contributed by atoms with E-state index in [0.717, 1.165) is 67.2 Å². The van der Waals surface area contributed by atoms with Crippen molar-refractivity contribution in [1.29, 1.82) is 0 Å². The maximum Gasteiger partial charge on any atom is 0.128 e. The van der Waals surface area contributed by atoms with Gasteiger partial charge in [0.1, 0.15) is 11.6 Å². The van der Waals surface area contributed by atoms with Crippen LogP contribution in [0.1, 0.15) is 37.3 Å². The van der Waals surface area contributed by atoms with E-state index in [1.807, 2.05) is 37.5 Å². The van der Waals surface area contributed by atoms with Crippen LogP contribution in [0.15, 0.2) is 67.6 Å². The van der Waals surface area contributed by atoms with E-state index in [4.69, 9.17) is 0 Å². The predicted molar refractivity (Wildman–Crippen MR) is 163 cm³/mol. The smallest absolute Gasteiger partial charge is 0.128 e. The van der Waals surface area contributed by atoms with E-state index >= 15 is 0 Å². The average molecular weight is 513 g/mol. The Labute approximate surface area is 229 Å². The molecule has 0 unspecified atom stereocenters. The lowest BCUT2D eigenvalue weighted by atomic mass is 9.74. The number of nitrogens with zero attached hydrogens (tertiary/aromatic N) is 5. The Bertz CT molecular complexity index is 1260. The Morgan fingerprint density at radius 1 is 1.08 bits per heavy atom. The van der Waals surface area contributed by atoms with Gasteiger partial charge in [-0.1, -0.05) is 31.7 Å². The van der Waals surface area contributed by atoms with Crippen molar-refractivity contribution in [1.82, 2.24) is 19.8 Å². The number of pyridine rings is 2.